The maximum Gasteiger partial charge on any atom is 0.387 e. The van der Waals surface area contributed by atoms with Gasteiger partial charge in [-0.05, 0) is 12.6 Å². The van der Waals surface area contributed by atoms with Gasteiger partial charge in [0, 0.05) is 18.0 Å². The summed E-state index contributed by atoms with van der Waals surface area (Å²) in [6, 6.07) is 6.33. The summed E-state index contributed by atoms with van der Waals surface area (Å²) in [6.07, 6.45) is 4.73. The molecule has 0 aliphatic heterocycles. The molecular formula is C14H15F2N3O. The summed E-state index contributed by atoms with van der Waals surface area (Å²) in [4.78, 5) is 8.24. The maximum absolute atomic E-state index is 12.5. The van der Waals surface area contributed by atoms with Crippen molar-refractivity contribution in [1.82, 2.24) is 15.3 Å². The van der Waals surface area contributed by atoms with E-state index in [9.17, 15) is 8.78 Å². The van der Waals surface area contributed by atoms with E-state index >= 15 is 0 Å². The van der Waals surface area contributed by atoms with E-state index in [1.54, 1.807) is 36.8 Å². The molecule has 0 amide bonds. The van der Waals surface area contributed by atoms with Gasteiger partial charge < -0.3 is 10.1 Å². The molecule has 0 saturated heterocycles. The zero-order chi connectivity index (χ0) is 14.4. The molecule has 0 saturated carbocycles. The quantitative estimate of drug-likeness (QED) is 0.883. The third kappa shape index (κ3) is 3.48. The van der Waals surface area contributed by atoms with Crippen LogP contribution >= 0.6 is 0 Å². The molecule has 0 radical (unpaired) electrons. The molecule has 20 heavy (non-hydrogen) atoms. The molecule has 1 unspecified atom stereocenters. The van der Waals surface area contributed by atoms with Crippen molar-refractivity contribution in [3.63, 3.8) is 0 Å². The fraction of sp³-hybridized carbons (Fsp3) is 0.286. The normalized spacial score (nSPS) is 12.4. The van der Waals surface area contributed by atoms with Crippen LogP contribution in [0.1, 0.15) is 24.2 Å². The molecule has 1 atom stereocenters. The summed E-state index contributed by atoms with van der Waals surface area (Å²) in [5, 5.41) is 3.20. The number of aromatic nitrogens is 2. The lowest BCUT2D eigenvalue weighted by Crippen LogP contribution is -2.24. The van der Waals surface area contributed by atoms with E-state index in [4.69, 9.17) is 0 Å². The molecule has 0 fully saturated rings. The number of hydrogen-bond donors (Lipinski definition) is 1. The first-order valence-electron chi connectivity index (χ1n) is 6.25. The van der Waals surface area contributed by atoms with Gasteiger partial charge in [-0.25, -0.2) is 0 Å². The highest BCUT2D eigenvalue weighted by molar-refractivity contribution is 5.39. The average Bonchev–Trinajstić information content (AvgIpc) is 2.46. The second kappa shape index (κ2) is 6.91. The Hall–Kier alpha value is -2.08. The average molecular weight is 279 g/mol. The summed E-state index contributed by atoms with van der Waals surface area (Å²) in [6.45, 7) is -0.273. The first kappa shape index (κ1) is 14.3. The number of alkyl halides is 2. The van der Waals surface area contributed by atoms with E-state index in [-0.39, 0.29) is 11.8 Å². The van der Waals surface area contributed by atoms with Crippen molar-refractivity contribution >= 4 is 0 Å². The maximum atomic E-state index is 12.5. The van der Waals surface area contributed by atoms with Crippen LogP contribution in [-0.4, -0.2) is 23.1 Å². The van der Waals surface area contributed by atoms with Gasteiger partial charge in [-0.3, -0.25) is 9.97 Å². The number of benzene rings is 1. The smallest absolute Gasteiger partial charge is 0.387 e. The van der Waals surface area contributed by atoms with E-state index in [2.05, 4.69) is 20.0 Å². The van der Waals surface area contributed by atoms with Crippen molar-refractivity contribution in [1.29, 1.82) is 0 Å². The van der Waals surface area contributed by atoms with Crippen LogP contribution in [0.4, 0.5) is 8.78 Å². The van der Waals surface area contributed by atoms with Crippen LogP contribution in [0.5, 0.6) is 5.75 Å². The van der Waals surface area contributed by atoms with Gasteiger partial charge in [0.2, 0.25) is 0 Å². The minimum absolute atomic E-state index is 0.138. The molecule has 0 aliphatic rings. The highest BCUT2D eigenvalue weighted by Crippen LogP contribution is 2.29. The Labute approximate surface area is 115 Å². The second-order valence-corrected chi connectivity index (χ2v) is 4.04. The van der Waals surface area contributed by atoms with Crippen LogP contribution < -0.4 is 10.1 Å². The van der Waals surface area contributed by atoms with Crippen molar-refractivity contribution < 1.29 is 13.5 Å². The van der Waals surface area contributed by atoms with Gasteiger partial charge in [0.15, 0.2) is 0 Å². The first-order chi connectivity index (χ1) is 9.72. The number of nitrogens with zero attached hydrogens (tertiary/aromatic N) is 2. The summed E-state index contributed by atoms with van der Waals surface area (Å²) >= 11 is 0. The monoisotopic (exact) mass is 279 g/mol. The number of hydrogen-bond acceptors (Lipinski definition) is 4. The predicted molar refractivity (Wildman–Crippen MR) is 70.6 cm³/mol. The highest BCUT2D eigenvalue weighted by atomic mass is 19.3. The minimum atomic E-state index is -2.86. The van der Waals surface area contributed by atoms with Crippen LogP contribution in [0.25, 0.3) is 0 Å². The zero-order valence-electron chi connectivity index (χ0n) is 11.0. The molecular weight excluding hydrogens is 264 g/mol. The molecule has 1 aromatic heterocycles. The Morgan fingerprint density at radius 3 is 2.70 bits per heavy atom. The van der Waals surface area contributed by atoms with E-state index in [0.29, 0.717) is 17.8 Å². The fourth-order valence-electron chi connectivity index (χ4n) is 1.96. The van der Waals surface area contributed by atoms with Crippen molar-refractivity contribution in [3.8, 4) is 5.75 Å². The van der Waals surface area contributed by atoms with Crippen molar-refractivity contribution in [2.45, 2.75) is 19.6 Å². The van der Waals surface area contributed by atoms with Crippen LogP contribution in [0.2, 0.25) is 0 Å². The lowest BCUT2D eigenvalue weighted by atomic mass is 10.0. The van der Waals surface area contributed by atoms with Gasteiger partial charge in [-0.1, -0.05) is 25.1 Å². The van der Waals surface area contributed by atoms with Gasteiger partial charge in [-0.2, -0.15) is 8.78 Å². The van der Waals surface area contributed by atoms with E-state index < -0.39 is 6.61 Å². The SMILES string of the molecule is CCNC(c1cnccn1)c1ccccc1OC(F)F. The molecule has 0 bridgehead atoms. The van der Waals surface area contributed by atoms with Gasteiger partial charge in [0.1, 0.15) is 5.75 Å². The fourth-order valence-corrected chi connectivity index (χ4v) is 1.96. The number of ether oxygens (including phenoxy) is 1. The van der Waals surface area contributed by atoms with Crippen LogP contribution in [-0.2, 0) is 0 Å². The standard InChI is InChI=1S/C14H15F2N3O/c1-2-18-13(11-9-17-7-8-19-11)10-5-3-4-6-12(10)20-14(15)16/h3-9,13-14,18H,2H2,1H3. The van der Waals surface area contributed by atoms with Crippen LogP contribution in [0.15, 0.2) is 42.9 Å². The summed E-state index contributed by atoms with van der Waals surface area (Å²) < 4.78 is 29.5. The Balaban J connectivity index is 2.39. The van der Waals surface area contributed by atoms with Crippen molar-refractivity contribution in [3.05, 3.63) is 54.1 Å². The number of para-hydroxylation sites is 1. The van der Waals surface area contributed by atoms with Crippen LogP contribution in [0, 0.1) is 0 Å². The number of nitrogens with one attached hydrogen (secondary N) is 1. The molecule has 1 aromatic carbocycles. The van der Waals surface area contributed by atoms with Gasteiger partial charge in [-0.15, -0.1) is 0 Å². The molecule has 4 nitrogen and oxygen atoms in total. The first-order valence-corrected chi connectivity index (χ1v) is 6.25. The zero-order valence-corrected chi connectivity index (χ0v) is 11.0. The molecule has 0 spiro atoms. The molecule has 1 N–H and O–H groups in total. The predicted octanol–water partition coefficient (Wildman–Crippen LogP) is 2.78. The Morgan fingerprint density at radius 2 is 2.05 bits per heavy atom. The molecule has 106 valence electrons. The molecule has 1 heterocycles. The van der Waals surface area contributed by atoms with Crippen molar-refractivity contribution in [2.75, 3.05) is 6.54 Å². The third-order valence-electron chi connectivity index (χ3n) is 2.73. The third-order valence-corrected chi connectivity index (χ3v) is 2.73. The topological polar surface area (TPSA) is 47.0 Å². The summed E-state index contributed by atoms with van der Waals surface area (Å²) in [5.41, 5.74) is 1.26. The molecule has 2 aromatic rings. The van der Waals surface area contributed by atoms with Gasteiger partial charge in [0.05, 0.1) is 17.9 Å². The summed E-state index contributed by atoms with van der Waals surface area (Å²) in [7, 11) is 0. The lowest BCUT2D eigenvalue weighted by molar-refractivity contribution is -0.0506. The Morgan fingerprint density at radius 1 is 1.25 bits per heavy atom. The Bertz CT molecular complexity index is 537. The lowest BCUT2D eigenvalue weighted by Gasteiger charge is -2.20. The van der Waals surface area contributed by atoms with E-state index in [1.807, 2.05) is 6.92 Å². The molecule has 0 aliphatic carbocycles. The van der Waals surface area contributed by atoms with Crippen LogP contribution in [0.3, 0.4) is 0 Å². The molecule has 6 heteroatoms. The number of halogens is 2. The molecule has 2 rings (SSSR count). The minimum Gasteiger partial charge on any atom is -0.434 e. The second-order valence-electron chi connectivity index (χ2n) is 4.04. The number of rotatable bonds is 6. The van der Waals surface area contributed by atoms with Gasteiger partial charge >= 0.3 is 6.61 Å². The van der Waals surface area contributed by atoms with Crippen molar-refractivity contribution in [2.24, 2.45) is 0 Å². The van der Waals surface area contributed by atoms with E-state index in [0.717, 1.165) is 0 Å². The van der Waals surface area contributed by atoms with E-state index in [1.165, 1.54) is 6.07 Å². The van der Waals surface area contributed by atoms with Gasteiger partial charge in [0.25, 0.3) is 0 Å². The highest BCUT2D eigenvalue weighted by Gasteiger charge is 2.20. The Kier molecular flexibility index (Phi) is 4.95. The largest absolute Gasteiger partial charge is 0.434 e. The summed E-state index contributed by atoms with van der Waals surface area (Å²) in [5.74, 6) is 0.138.